The molecule has 0 radical (unpaired) electrons. The quantitative estimate of drug-likeness (QED) is 0.307. The van der Waals surface area contributed by atoms with Crippen molar-refractivity contribution >= 4 is 22.8 Å². The van der Waals surface area contributed by atoms with Gasteiger partial charge in [-0.3, -0.25) is 4.68 Å². The van der Waals surface area contributed by atoms with Gasteiger partial charge in [-0.2, -0.15) is 5.10 Å². The van der Waals surface area contributed by atoms with E-state index < -0.39 is 5.97 Å². The van der Waals surface area contributed by atoms with E-state index >= 15 is 0 Å². The van der Waals surface area contributed by atoms with E-state index in [1.54, 1.807) is 6.20 Å². The van der Waals surface area contributed by atoms with E-state index in [1.165, 1.54) is 22.4 Å². The van der Waals surface area contributed by atoms with Gasteiger partial charge in [0.1, 0.15) is 5.75 Å². The number of benzene rings is 3. The summed E-state index contributed by atoms with van der Waals surface area (Å²) in [5, 5.41) is 17.5. The maximum Gasteiger partial charge on any atom is 1.00 e. The molecule has 3 aromatic carbocycles. The van der Waals surface area contributed by atoms with Crippen LogP contribution in [0.5, 0.6) is 5.75 Å². The topological polar surface area (TPSA) is 67.2 Å². The largest absolute Gasteiger partial charge is 1.00 e. The molecule has 31 heavy (non-hydrogen) atoms. The number of carbonyl (C=O) groups is 1. The maximum absolute atomic E-state index is 10.8. The zero-order valence-corrected chi connectivity index (χ0v) is 19.4. The predicted octanol–water partition coefficient (Wildman–Crippen LogP) is 0.473. The van der Waals surface area contributed by atoms with Crippen molar-refractivity contribution in [3.63, 3.8) is 0 Å². The zero-order valence-electron chi connectivity index (χ0n) is 17.4. The standard InChI is InChI=1S/C25H22N2O3.Na/c28-25(29)11-10-22-9-7-20(18-27-14-3-13-26-27)17-24(22)30-15-12-19-6-8-21-4-1-2-5-23(21)16-19;/h1-11,13-14,16-17H,12,15,18H2,(H,28,29);/q;+1/p-1/b11-10+;. The number of carbonyl (C=O) groups excluding carboxylic acids is 1. The molecule has 150 valence electrons. The molecule has 0 aliphatic heterocycles. The fraction of sp³-hybridized carbons (Fsp3) is 0.120. The average molecular weight is 420 g/mol. The number of hydrogen-bond acceptors (Lipinski definition) is 4. The number of carboxylic acids is 1. The van der Waals surface area contributed by atoms with Crippen molar-refractivity contribution in [2.24, 2.45) is 0 Å². The van der Waals surface area contributed by atoms with Crippen LogP contribution >= 0.6 is 0 Å². The van der Waals surface area contributed by atoms with Crippen LogP contribution in [-0.4, -0.2) is 22.4 Å². The molecule has 0 aliphatic rings. The van der Waals surface area contributed by atoms with E-state index in [0.717, 1.165) is 18.1 Å². The number of nitrogens with zero attached hydrogens (tertiary/aromatic N) is 2. The van der Waals surface area contributed by atoms with Gasteiger partial charge >= 0.3 is 29.6 Å². The molecular formula is C25H21N2NaO3. The van der Waals surface area contributed by atoms with E-state index in [-0.39, 0.29) is 29.6 Å². The third kappa shape index (κ3) is 6.31. The van der Waals surface area contributed by atoms with Crippen LogP contribution in [0.25, 0.3) is 16.8 Å². The summed E-state index contributed by atoms with van der Waals surface area (Å²) >= 11 is 0. The first-order valence-electron chi connectivity index (χ1n) is 9.77. The summed E-state index contributed by atoms with van der Waals surface area (Å²) in [7, 11) is 0. The second kappa shape index (κ2) is 11.0. The van der Waals surface area contributed by atoms with Gasteiger partial charge in [0, 0.05) is 24.4 Å². The Morgan fingerprint density at radius 2 is 1.81 bits per heavy atom. The number of hydrogen-bond donors (Lipinski definition) is 0. The smallest absolute Gasteiger partial charge is 0.545 e. The van der Waals surface area contributed by atoms with Gasteiger partial charge < -0.3 is 14.6 Å². The second-order valence-electron chi connectivity index (χ2n) is 7.01. The van der Waals surface area contributed by atoms with Crippen LogP contribution in [0.2, 0.25) is 0 Å². The Kier molecular flexibility index (Phi) is 8.06. The molecule has 4 rings (SSSR count). The first kappa shape index (κ1) is 22.8. The molecule has 0 aliphatic carbocycles. The molecule has 0 spiro atoms. The third-order valence-electron chi connectivity index (χ3n) is 4.84. The van der Waals surface area contributed by atoms with Gasteiger partial charge in [0.05, 0.1) is 19.1 Å². The molecule has 4 aromatic rings. The molecule has 0 saturated carbocycles. The number of ether oxygens (including phenoxy) is 1. The minimum absolute atomic E-state index is 0. The third-order valence-corrected chi connectivity index (χ3v) is 4.84. The van der Waals surface area contributed by atoms with Gasteiger partial charge in [-0.05, 0) is 46.2 Å². The van der Waals surface area contributed by atoms with Crippen LogP contribution in [0.4, 0.5) is 0 Å². The molecule has 0 saturated heterocycles. The summed E-state index contributed by atoms with van der Waals surface area (Å²) in [6.07, 6.45) is 6.89. The van der Waals surface area contributed by atoms with Gasteiger partial charge in [-0.15, -0.1) is 0 Å². The number of aliphatic carboxylic acids is 1. The van der Waals surface area contributed by atoms with Crippen molar-refractivity contribution < 1.29 is 44.2 Å². The van der Waals surface area contributed by atoms with Crippen molar-refractivity contribution in [3.05, 3.63) is 102 Å². The minimum atomic E-state index is -1.24. The van der Waals surface area contributed by atoms with E-state index in [2.05, 4.69) is 35.4 Å². The summed E-state index contributed by atoms with van der Waals surface area (Å²) < 4.78 is 7.88. The van der Waals surface area contributed by atoms with Gasteiger partial charge in [-0.1, -0.05) is 54.6 Å². The molecule has 5 nitrogen and oxygen atoms in total. The van der Waals surface area contributed by atoms with Crippen LogP contribution in [0.15, 0.2) is 85.2 Å². The first-order valence-corrected chi connectivity index (χ1v) is 9.77. The molecule has 0 amide bonds. The summed E-state index contributed by atoms with van der Waals surface area (Å²) in [4.78, 5) is 10.8. The summed E-state index contributed by atoms with van der Waals surface area (Å²) in [5.74, 6) is -0.601. The van der Waals surface area contributed by atoms with Gasteiger partial charge in [0.15, 0.2) is 0 Å². The number of rotatable bonds is 8. The molecule has 0 fully saturated rings. The molecule has 0 bridgehead atoms. The Morgan fingerprint density at radius 1 is 1.00 bits per heavy atom. The van der Waals surface area contributed by atoms with Gasteiger partial charge in [0.25, 0.3) is 0 Å². The Labute approximate surface area is 203 Å². The molecule has 1 heterocycles. The predicted molar refractivity (Wildman–Crippen MR) is 115 cm³/mol. The maximum atomic E-state index is 10.8. The Balaban J connectivity index is 0.00000272. The molecular weight excluding hydrogens is 399 g/mol. The van der Waals surface area contributed by atoms with Crippen LogP contribution in [0.3, 0.4) is 0 Å². The first-order chi connectivity index (χ1) is 14.7. The van der Waals surface area contributed by atoms with Gasteiger partial charge in [-0.25, -0.2) is 0 Å². The van der Waals surface area contributed by atoms with Crippen molar-refractivity contribution in [2.75, 3.05) is 6.61 Å². The summed E-state index contributed by atoms with van der Waals surface area (Å²) in [6, 6.07) is 22.2. The second-order valence-corrected chi connectivity index (χ2v) is 7.01. The number of aromatic nitrogens is 2. The van der Waals surface area contributed by atoms with E-state index in [9.17, 15) is 9.90 Å². The monoisotopic (exact) mass is 420 g/mol. The van der Waals surface area contributed by atoms with Crippen LogP contribution in [-0.2, 0) is 17.8 Å². The number of fused-ring (bicyclic) bond motifs is 1. The van der Waals surface area contributed by atoms with Crippen molar-refractivity contribution in [1.82, 2.24) is 9.78 Å². The Morgan fingerprint density at radius 3 is 2.58 bits per heavy atom. The summed E-state index contributed by atoms with van der Waals surface area (Å²) in [5.41, 5.74) is 2.90. The minimum Gasteiger partial charge on any atom is -0.545 e. The van der Waals surface area contributed by atoms with Crippen molar-refractivity contribution in [1.29, 1.82) is 0 Å². The van der Waals surface area contributed by atoms with Crippen LogP contribution in [0.1, 0.15) is 16.7 Å². The number of carboxylic acid groups (broad SMARTS) is 1. The van der Waals surface area contributed by atoms with Crippen LogP contribution in [0, 0.1) is 0 Å². The molecule has 1 aromatic heterocycles. The zero-order chi connectivity index (χ0) is 20.8. The fourth-order valence-electron chi connectivity index (χ4n) is 3.35. The van der Waals surface area contributed by atoms with Crippen LogP contribution < -0.4 is 39.4 Å². The molecule has 0 unspecified atom stereocenters. The SMILES string of the molecule is O=C([O-])/C=C/c1ccc(Cn2cccn2)cc1OCCc1ccc2ccccc2c1.[Na+]. The molecule has 0 atom stereocenters. The fourth-order valence-corrected chi connectivity index (χ4v) is 3.35. The average Bonchev–Trinajstić information content (AvgIpc) is 3.26. The Bertz CT molecular complexity index is 1190. The molecule has 0 N–H and O–H groups in total. The van der Waals surface area contributed by atoms with Gasteiger partial charge in [0.2, 0.25) is 0 Å². The molecule has 6 heteroatoms. The van der Waals surface area contributed by atoms with Crippen molar-refractivity contribution in [2.45, 2.75) is 13.0 Å². The van der Waals surface area contributed by atoms with Crippen molar-refractivity contribution in [3.8, 4) is 5.75 Å². The Hall–Kier alpha value is -2.86. The van der Waals surface area contributed by atoms with E-state index in [1.807, 2.05) is 47.3 Å². The summed E-state index contributed by atoms with van der Waals surface area (Å²) in [6.45, 7) is 1.09. The van der Waals surface area contributed by atoms with E-state index in [4.69, 9.17) is 4.74 Å². The van der Waals surface area contributed by atoms with E-state index in [0.29, 0.717) is 24.5 Å². The normalized spacial score (nSPS) is 10.8.